The second-order valence-corrected chi connectivity index (χ2v) is 18.1. The van der Waals surface area contributed by atoms with Gasteiger partial charge in [0.15, 0.2) is 0 Å². The van der Waals surface area contributed by atoms with Gasteiger partial charge in [0.25, 0.3) is 0 Å². The Morgan fingerprint density at radius 2 is 1.46 bits per heavy atom. The van der Waals surface area contributed by atoms with Crippen molar-refractivity contribution in [1.82, 2.24) is 14.8 Å². The molecule has 4 nitrogen and oxygen atoms in total. The molecule has 2 aromatic heterocycles. The van der Waals surface area contributed by atoms with Crippen LogP contribution in [0.1, 0.15) is 101 Å². The summed E-state index contributed by atoms with van der Waals surface area (Å²) in [6.45, 7) is 18.8. The van der Waals surface area contributed by atoms with Gasteiger partial charge < -0.3 is 4.90 Å². The third-order valence-corrected chi connectivity index (χ3v) is 12.4. The first-order valence-electron chi connectivity index (χ1n) is 19.4. The summed E-state index contributed by atoms with van der Waals surface area (Å²) in [5.74, 6) is 0.432. The van der Waals surface area contributed by atoms with E-state index in [9.17, 15) is 0 Å². The maximum absolute atomic E-state index is 5.22. The number of benzene rings is 4. The standard InChI is InChI=1S/C50H50N4/c1-47(2,3)33-20-23-40-38(30-33)39-31-34(48(4,5)6)21-24-41(39)50(40,46-19-11-12-26-51-46)35-15-13-16-37(29-35)54-44-18-10-9-17-42(44)49(7,8)43-25-22-36(32-45(43)54)53-28-14-27-52-53/h9-20,22-32,34H,21H2,1-8H3. The maximum atomic E-state index is 5.22. The average molecular weight is 707 g/mol. The number of para-hydroxylation sites is 1. The Hall–Kier alpha value is -5.48. The molecule has 4 heteroatoms. The van der Waals surface area contributed by atoms with Crippen LogP contribution >= 0.6 is 0 Å². The molecule has 3 heterocycles. The van der Waals surface area contributed by atoms with Crippen LogP contribution in [0.5, 0.6) is 0 Å². The van der Waals surface area contributed by atoms with Gasteiger partial charge in [-0.05, 0) is 116 Å². The molecule has 2 aliphatic carbocycles. The first kappa shape index (κ1) is 34.3. The van der Waals surface area contributed by atoms with E-state index < -0.39 is 5.41 Å². The minimum absolute atomic E-state index is 0.0194. The maximum Gasteiger partial charge on any atom is 0.0883 e. The summed E-state index contributed by atoms with van der Waals surface area (Å²) in [7, 11) is 0. The van der Waals surface area contributed by atoms with Crippen LogP contribution < -0.4 is 4.90 Å². The fourth-order valence-corrected chi connectivity index (χ4v) is 9.36. The minimum Gasteiger partial charge on any atom is -0.310 e. The van der Waals surface area contributed by atoms with Gasteiger partial charge in [0, 0.05) is 29.7 Å². The van der Waals surface area contributed by atoms with Gasteiger partial charge in [-0.3, -0.25) is 4.98 Å². The van der Waals surface area contributed by atoms with Crippen molar-refractivity contribution >= 4 is 22.6 Å². The molecule has 54 heavy (non-hydrogen) atoms. The molecule has 1 aliphatic heterocycles. The number of fused-ring (bicyclic) bond motifs is 5. The second kappa shape index (κ2) is 12.0. The zero-order valence-corrected chi connectivity index (χ0v) is 32.9. The first-order chi connectivity index (χ1) is 25.8. The minimum atomic E-state index is -0.591. The summed E-state index contributed by atoms with van der Waals surface area (Å²) in [6.07, 6.45) is 11.9. The van der Waals surface area contributed by atoms with E-state index in [1.165, 1.54) is 55.9 Å². The van der Waals surface area contributed by atoms with Crippen LogP contribution in [-0.4, -0.2) is 14.8 Å². The lowest BCUT2D eigenvalue weighted by Gasteiger charge is -2.42. The highest BCUT2D eigenvalue weighted by Gasteiger charge is 2.51. The summed E-state index contributed by atoms with van der Waals surface area (Å²) in [5, 5.41) is 4.60. The van der Waals surface area contributed by atoms with Crippen molar-refractivity contribution < 1.29 is 0 Å². The molecule has 6 aromatic rings. The zero-order chi connectivity index (χ0) is 37.6. The molecule has 0 fully saturated rings. The predicted octanol–water partition coefficient (Wildman–Crippen LogP) is 12.4. The monoisotopic (exact) mass is 706 g/mol. The van der Waals surface area contributed by atoms with Gasteiger partial charge in [-0.2, -0.15) is 5.10 Å². The number of allylic oxidation sites excluding steroid dienone is 4. The van der Waals surface area contributed by atoms with E-state index >= 15 is 0 Å². The quantitative estimate of drug-likeness (QED) is 0.183. The predicted molar refractivity (Wildman–Crippen MR) is 223 cm³/mol. The topological polar surface area (TPSA) is 34.0 Å². The van der Waals surface area contributed by atoms with Gasteiger partial charge in [-0.1, -0.05) is 128 Å². The Bertz CT molecular complexity index is 2470. The lowest BCUT2D eigenvalue weighted by atomic mass is 9.66. The van der Waals surface area contributed by atoms with Gasteiger partial charge in [0.1, 0.15) is 0 Å². The summed E-state index contributed by atoms with van der Waals surface area (Å²) in [5.41, 5.74) is 15.5. The van der Waals surface area contributed by atoms with Crippen molar-refractivity contribution in [3.05, 3.63) is 185 Å². The van der Waals surface area contributed by atoms with Gasteiger partial charge in [0.2, 0.25) is 0 Å². The second-order valence-electron chi connectivity index (χ2n) is 18.1. The number of hydrogen-bond acceptors (Lipinski definition) is 3. The molecule has 0 amide bonds. The number of pyridine rings is 1. The van der Waals surface area contributed by atoms with Gasteiger partial charge in [-0.15, -0.1) is 0 Å². The number of aromatic nitrogens is 3. The molecule has 0 N–H and O–H groups in total. The average Bonchev–Trinajstić information content (AvgIpc) is 3.80. The summed E-state index contributed by atoms with van der Waals surface area (Å²) < 4.78 is 1.95. The van der Waals surface area contributed by atoms with E-state index in [0.717, 1.165) is 23.5 Å². The molecule has 0 saturated heterocycles. The van der Waals surface area contributed by atoms with Gasteiger partial charge >= 0.3 is 0 Å². The van der Waals surface area contributed by atoms with Crippen molar-refractivity contribution in [2.24, 2.45) is 11.3 Å². The van der Waals surface area contributed by atoms with Crippen molar-refractivity contribution in [3.8, 4) is 5.69 Å². The molecule has 0 bridgehead atoms. The van der Waals surface area contributed by atoms with Crippen LogP contribution in [0.25, 0.3) is 11.3 Å². The Morgan fingerprint density at radius 3 is 2.20 bits per heavy atom. The molecule has 9 rings (SSSR count). The summed E-state index contributed by atoms with van der Waals surface area (Å²) in [4.78, 5) is 7.69. The van der Waals surface area contributed by atoms with Gasteiger partial charge in [0.05, 0.1) is 28.2 Å². The fraction of sp³-hybridized carbons (Fsp3) is 0.280. The summed E-state index contributed by atoms with van der Waals surface area (Å²) in [6, 6.07) is 40.6. The number of anilines is 3. The summed E-state index contributed by atoms with van der Waals surface area (Å²) >= 11 is 0. The number of hydrogen-bond donors (Lipinski definition) is 0. The zero-order valence-electron chi connectivity index (χ0n) is 32.9. The number of nitrogens with zero attached hydrogens (tertiary/aromatic N) is 4. The molecule has 2 atom stereocenters. The van der Waals surface area contributed by atoms with Crippen molar-refractivity contribution in [1.29, 1.82) is 0 Å². The molecule has 0 saturated carbocycles. The van der Waals surface area contributed by atoms with Crippen LogP contribution in [0.3, 0.4) is 0 Å². The Labute approximate surface area is 320 Å². The van der Waals surface area contributed by atoms with Crippen molar-refractivity contribution in [2.75, 3.05) is 4.90 Å². The van der Waals surface area contributed by atoms with Crippen molar-refractivity contribution in [2.45, 2.75) is 78.1 Å². The van der Waals surface area contributed by atoms with Crippen LogP contribution in [0, 0.1) is 11.3 Å². The van der Waals surface area contributed by atoms with Crippen LogP contribution in [0.2, 0.25) is 0 Å². The highest BCUT2D eigenvalue weighted by Crippen LogP contribution is 2.60. The highest BCUT2D eigenvalue weighted by molar-refractivity contribution is 5.95. The largest absolute Gasteiger partial charge is 0.310 e. The lowest BCUT2D eigenvalue weighted by Crippen LogP contribution is -2.32. The van der Waals surface area contributed by atoms with E-state index in [-0.39, 0.29) is 16.2 Å². The van der Waals surface area contributed by atoms with Crippen LogP contribution in [0.4, 0.5) is 17.1 Å². The smallest absolute Gasteiger partial charge is 0.0883 e. The van der Waals surface area contributed by atoms with Crippen molar-refractivity contribution in [3.63, 3.8) is 0 Å². The lowest BCUT2D eigenvalue weighted by molar-refractivity contribution is 0.293. The van der Waals surface area contributed by atoms with E-state index in [1.54, 1.807) is 0 Å². The van der Waals surface area contributed by atoms with E-state index in [0.29, 0.717) is 5.92 Å². The van der Waals surface area contributed by atoms with E-state index in [2.05, 4.69) is 175 Å². The third kappa shape index (κ3) is 5.10. The highest BCUT2D eigenvalue weighted by atomic mass is 15.3. The Kier molecular flexibility index (Phi) is 7.63. The SMILES string of the molecule is CC(C)(C)c1ccc2c(c1)C1=CC(C(C)(C)C)CC=C1C2(c1cccc(N2c3ccccc3C(C)(C)c3ccc(-n4cccn4)cc32)c1)c1ccccn1. The van der Waals surface area contributed by atoms with Gasteiger partial charge in [-0.25, -0.2) is 4.68 Å². The Morgan fingerprint density at radius 1 is 0.685 bits per heavy atom. The molecule has 4 aromatic carbocycles. The van der Waals surface area contributed by atoms with E-state index in [1.807, 2.05) is 35.4 Å². The van der Waals surface area contributed by atoms with E-state index in [4.69, 9.17) is 4.98 Å². The molecule has 2 unspecified atom stereocenters. The third-order valence-electron chi connectivity index (χ3n) is 12.4. The molecule has 3 aliphatic rings. The molecule has 270 valence electrons. The fourth-order valence-electron chi connectivity index (χ4n) is 9.36. The Balaban J connectivity index is 1.32. The first-order valence-corrected chi connectivity index (χ1v) is 19.4. The molecular formula is C50H50N4. The van der Waals surface area contributed by atoms with Crippen LogP contribution in [0.15, 0.2) is 146 Å². The number of rotatable bonds is 4. The van der Waals surface area contributed by atoms with Crippen LogP contribution in [-0.2, 0) is 16.2 Å². The molecular weight excluding hydrogens is 657 g/mol. The normalized spacial score (nSPS) is 20.0. The molecule has 0 spiro atoms. The molecule has 0 radical (unpaired) electrons.